The molecule has 0 aliphatic rings. The number of nitrogens with one attached hydrogen (secondary N) is 1. The van der Waals surface area contributed by atoms with Crippen molar-refractivity contribution in [2.24, 2.45) is 0 Å². The molecular weight excluding hydrogens is 1080 g/mol. The number of likely N-dealkylation sites (N-methyl/N-ethyl adjacent to an activating group) is 1. The first-order chi connectivity index (χ1) is 42.0. The smallest absolute Gasteiger partial charge is 0.268 e. The lowest BCUT2D eigenvalue weighted by atomic mass is 10.0. The van der Waals surface area contributed by atoms with Gasteiger partial charge in [0.05, 0.1) is 39.9 Å². The maximum atomic E-state index is 13.1. The Balaban J connectivity index is 3.88. The number of carbonyl (C=O) groups excluding carboxylic acids is 1. The molecule has 1 amide bonds. The van der Waals surface area contributed by atoms with Crippen molar-refractivity contribution in [3.05, 3.63) is 36.5 Å². The van der Waals surface area contributed by atoms with Crippen molar-refractivity contribution in [2.75, 3.05) is 40.9 Å². The van der Waals surface area contributed by atoms with Gasteiger partial charge in [-0.3, -0.25) is 9.36 Å². The first-order valence-electron chi connectivity index (χ1n) is 38.3. The Bertz CT molecular complexity index is 1500. The molecule has 0 rings (SSSR count). The maximum absolute atomic E-state index is 13.1. The highest BCUT2D eigenvalue weighted by molar-refractivity contribution is 7.45. The molecule has 0 bridgehead atoms. The fourth-order valence-corrected chi connectivity index (χ4v) is 12.7. The summed E-state index contributed by atoms with van der Waals surface area (Å²) in [6.45, 7) is 4.77. The predicted octanol–water partition coefficient (Wildman–Crippen LogP) is 24.2. The zero-order valence-corrected chi connectivity index (χ0v) is 59.4. The van der Waals surface area contributed by atoms with Crippen LogP contribution in [0.2, 0.25) is 0 Å². The SMILES string of the molecule is CCCCCCC/C=C\C/C=C\C/C=C\CCCCCCCCCCCCCCCCCCCCCCCCCCCCC(=O)NC(COP(=O)([O-])OCC[N+](C)(C)C)C(O)CCCCCCCCCCCCCCCCCCCCCCCCC. The Labute approximate surface area is 537 Å². The van der Waals surface area contributed by atoms with E-state index in [1.54, 1.807) is 0 Å². The van der Waals surface area contributed by atoms with Gasteiger partial charge < -0.3 is 28.8 Å². The van der Waals surface area contributed by atoms with E-state index in [0.717, 1.165) is 51.4 Å². The van der Waals surface area contributed by atoms with Gasteiger partial charge in [0.1, 0.15) is 13.2 Å². The van der Waals surface area contributed by atoms with Gasteiger partial charge in [-0.1, -0.05) is 378 Å². The highest BCUT2D eigenvalue weighted by atomic mass is 31.2. The van der Waals surface area contributed by atoms with Crippen LogP contribution in [0.3, 0.4) is 0 Å². The third-order valence-electron chi connectivity index (χ3n) is 17.9. The minimum absolute atomic E-state index is 0.0152. The molecule has 0 aliphatic heterocycles. The van der Waals surface area contributed by atoms with Crippen molar-refractivity contribution >= 4 is 13.7 Å². The summed E-state index contributed by atoms with van der Waals surface area (Å²) in [4.78, 5) is 25.7. The van der Waals surface area contributed by atoms with Crippen molar-refractivity contribution in [3.63, 3.8) is 0 Å². The zero-order valence-electron chi connectivity index (χ0n) is 58.5. The Morgan fingerprint density at radius 2 is 0.674 bits per heavy atom. The van der Waals surface area contributed by atoms with Gasteiger partial charge in [0.25, 0.3) is 7.82 Å². The molecule has 0 aliphatic carbocycles. The first kappa shape index (κ1) is 84.7. The molecule has 3 unspecified atom stereocenters. The summed E-state index contributed by atoms with van der Waals surface area (Å²) in [7, 11) is 1.33. The third-order valence-corrected chi connectivity index (χ3v) is 18.8. The number of aliphatic hydroxyl groups is 1. The predicted molar refractivity (Wildman–Crippen MR) is 376 cm³/mol. The number of hydrogen-bond acceptors (Lipinski definition) is 6. The van der Waals surface area contributed by atoms with Crippen LogP contribution in [0.15, 0.2) is 36.5 Å². The number of hydrogen-bond donors (Lipinski definition) is 2. The highest BCUT2D eigenvalue weighted by Crippen LogP contribution is 2.38. The maximum Gasteiger partial charge on any atom is 0.268 e. The number of nitrogens with zero attached hydrogens (tertiary/aromatic N) is 1. The summed E-state index contributed by atoms with van der Waals surface area (Å²) >= 11 is 0. The molecule has 3 atom stereocenters. The van der Waals surface area contributed by atoms with Crippen LogP contribution in [0.4, 0.5) is 0 Å². The van der Waals surface area contributed by atoms with Gasteiger partial charge in [0, 0.05) is 6.42 Å². The zero-order chi connectivity index (χ0) is 62.6. The van der Waals surface area contributed by atoms with Gasteiger partial charge in [-0.15, -0.1) is 0 Å². The van der Waals surface area contributed by atoms with Gasteiger partial charge in [-0.25, -0.2) is 0 Å². The normalized spacial score (nSPS) is 13.7. The van der Waals surface area contributed by atoms with Gasteiger partial charge in [0.15, 0.2) is 0 Å². The number of allylic oxidation sites excluding steroid dienone is 6. The molecule has 0 radical (unpaired) electrons. The van der Waals surface area contributed by atoms with Crippen LogP contribution >= 0.6 is 7.82 Å². The van der Waals surface area contributed by atoms with E-state index in [1.165, 1.54) is 321 Å². The molecule has 0 saturated carbocycles. The van der Waals surface area contributed by atoms with E-state index in [9.17, 15) is 19.4 Å². The molecule has 0 spiro atoms. The first-order valence-corrected chi connectivity index (χ1v) is 39.8. The topological polar surface area (TPSA) is 108 Å². The van der Waals surface area contributed by atoms with E-state index in [-0.39, 0.29) is 19.1 Å². The minimum atomic E-state index is -4.58. The number of unbranched alkanes of at least 4 members (excludes halogenated alkanes) is 53. The van der Waals surface area contributed by atoms with Crippen molar-refractivity contribution in [1.29, 1.82) is 0 Å². The summed E-state index contributed by atoms with van der Waals surface area (Å²) in [5, 5.41) is 14.1. The Morgan fingerprint density at radius 3 is 0.977 bits per heavy atom. The van der Waals surface area contributed by atoms with Crippen LogP contribution in [0.1, 0.15) is 399 Å². The van der Waals surface area contributed by atoms with Gasteiger partial charge >= 0.3 is 0 Å². The van der Waals surface area contributed by atoms with E-state index in [0.29, 0.717) is 23.9 Å². The molecular formula is C77H151N2O6P. The monoisotopic (exact) mass is 1230 g/mol. The van der Waals surface area contributed by atoms with Crippen LogP contribution in [0.25, 0.3) is 0 Å². The number of amides is 1. The number of aliphatic hydroxyl groups excluding tert-OH is 1. The second-order valence-corrected chi connectivity index (χ2v) is 29.1. The summed E-state index contributed by atoms with van der Waals surface area (Å²) < 4.78 is 23.6. The van der Waals surface area contributed by atoms with Crippen molar-refractivity contribution in [2.45, 2.75) is 411 Å². The highest BCUT2D eigenvalue weighted by Gasteiger charge is 2.24. The van der Waals surface area contributed by atoms with E-state index in [2.05, 4.69) is 55.6 Å². The van der Waals surface area contributed by atoms with Crippen LogP contribution in [0.5, 0.6) is 0 Å². The van der Waals surface area contributed by atoms with E-state index in [4.69, 9.17) is 9.05 Å². The number of carbonyl (C=O) groups is 1. The number of quaternary nitrogens is 1. The number of phosphoric ester groups is 1. The Kier molecular flexibility index (Phi) is 67.1. The Morgan fingerprint density at radius 1 is 0.407 bits per heavy atom. The summed E-state index contributed by atoms with van der Waals surface area (Å²) in [6.07, 6.45) is 91.1. The molecule has 2 N–H and O–H groups in total. The molecule has 510 valence electrons. The quantitative estimate of drug-likeness (QED) is 0.0272. The van der Waals surface area contributed by atoms with Crippen molar-refractivity contribution in [1.82, 2.24) is 5.32 Å². The molecule has 0 aromatic heterocycles. The lowest BCUT2D eigenvalue weighted by molar-refractivity contribution is -0.870. The lowest BCUT2D eigenvalue weighted by Gasteiger charge is -2.30. The molecule has 86 heavy (non-hydrogen) atoms. The summed E-state index contributed by atoms with van der Waals surface area (Å²) in [5.74, 6) is -0.155. The van der Waals surface area contributed by atoms with Crippen LogP contribution < -0.4 is 10.2 Å². The minimum Gasteiger partial charge on any atom is -0.756 e. The Hall–Kier alpha value is -1.28. The van der Waals surface area contributed by atoms with Gasteiger partial charge in [-0.2, -0.15) is 0 Å². The molecule has 0 aromatic carbocycles. The number of phosphoric acid groups is 1. The van der Waals surface area contributed by atoms with Crippen LogP contribution in [0, 0.1) is 0 Å². The summed E-state index contributed by atoms with van der Waals surface area (Å²) in [6, 6.07) is -0.800. The molecule has 0 fully saturated rings. The summed E-state index contributed by atoms with van der Waals surface area (Å²) in [5.41, 5.74) is 0. The number of rotatable bonds is 72. The third kappa shape index (κ3) is 70.2. The average Bonchev–Trinajstić information content (AvgIpc) is 3.70. The van der Waals surface area contributed by atoms with E-state index < -0.39 is 20.0 Å². The molecule has 9 heteroatoms. The van der Waals surface area contributed by atoms with Crippen LogP contribution in [-0.4, -0.2) is 68.5 Å². The van der Waals surface area contributed by atoms with Crippen LogP contribution in [-0.2, 0) is 18.4 Å². The fourth-order valence-electron chi connectivity index (χ4n) is 11.9. The fraction of sp³-hybridized carbons (Fsp3) is 0.909. The van der Waals surface area contributed by atoms with Crippen molar-refractivity contribution < 1.29 is 32.9 Å². The molecule has 0 heterocycles. The van der Waals surface area contributed by atoms with Gasteiger partial charge in [0.2, 0.25) is 5.91 Å². The second-order valence-electron chi connectivity index (χ2n) is 27.7. The largest absolute Gasteiger partial charge is 0.756 e. The van der Waals surface area contributed by atoms with E-state index in [1.807, 2.05) is 21.1 Å². The molecule has 0 aromatic rings. The standard InChI is InChI=1S/C77H151N2O6P/c1-6-8-10-12-14-16-18-20-22-24-26-28-30-31-32-33-34-35-36-37-38-39-40-41-42-43-44-45-46-47-49-51-53-55-57-59-61-63-65-67-69-71-77(81)78-75(74-85-86(82,83)84-73-72-79(3,4)5)76(80)70-68-66-64-62-60-58-56-54-52-50-48-29-27-25-23-21-19-17-15-13-11-9-7-2/h18,20,24,26,30-31,75-76,80H,6-17,19,21-23,25,27-29,32-74H2,1-5H3,(H-,78,81,82,83)/b20-18-,26-24-,31-30-. The molecule has 8 nitrogen and oxygen atoms in total. The van der Waals surface area contributed by atoms with Gasteiger partial charge in [-0.05, 0) is 51.4 Å². The van der Waals surface area contributed by atoms with Crippen molar-refractivity contribution in [3.8, 4) is 0 Å². The molecule has 0 saturated heterocycles. The average molecular weight is 1230 g/mol. The second kappa shape index (κ2) is 68.1. The lowest BCUT2D eigenvalue weighted by Crippen LogP contribution is -2.46. The van der Waals surface area contributed by atoms with E-state index >= 15 is 0 Å².